The van der Waals surface area contributed by atoms with Crippen molar-refractivity contribution in [1.82, 2.24) is 19.5 Å². The summed E-state index contributed by atoms with van der Waals surface area (Å²) in [5.74, 6) is 0.907. The van der Waals surface area contributed by atoms with Crippen molar-refractivity contribution in [3.05, 3.63) is 6.33 Å². The molecule has 148 valence electrons. The number of nitrogens with one attached hydrogen (secondary N) is 1. The minimum Gasteiger partial charge on any atom is -0.394 e. The lowest BCUT2D eigenvalue weighted by Gasteiger charge is -2.16. The minimum atomic E-state index is -1.25. The Hall–Kier alpha value is -2.34. The predicted octanol–water partition coefficient (Wildman–Crippen LogP) is -0.146. The molecule has 0 radical (unpaired) electrons. The Morgan fingerprint density at radius 1 is 1.37 bits per heavy atom. The number of rotatable bonds is 7. The average molecular weight is 379 g/mol. The molecule has 0 aromatic carbocycles. The smallest absolute Gasteiger partial charge is 0.247 e. The van der Waals surface area contributed by atoms with Crippen LogP contribution in [0, 0.1) is 5.92 Å². The van der Waals surface area contributed by atoms with Gasteiger partial charge in [-0.15, -0.1) is 0 Å². The molecule has 4 atom stereocenters. The van der Waals surface area contributed by atoms with Crippen LogP contribution in [-0.4, -0.2) is 66.0 Å². The standard InChI is InChI=1S/C16H25N7O4/c1-8(2)4-3-5-19-22-16-20-13(17)10-14(21-16)23(7-18-10)15-12(26)11(25)9(6-24)27-15/h5,7-9,11-12,15,24-26H,3-4,6H2,1-2H3,(H3,17,20,21,22)/t9-,11?,12?,15-/m1/s1. The van der Waals surface area contributed by atoms with Gasteiger partial charge in [-0.3, -0.25) is 4.57 Å². The van der Waals surface area contributed by atoms with Crippen molar-refractivity contribution in [3.63, 3.8) is 0 Å². The molecule has 0 amide bonds. The quantitative estimate of drug-likeness (QED) is 0.325. The van der Waals surface area contributed by atoms with Crippen molar-refractivity contribution in [2.24, 2.45) is 11.0 Å². The third-order valence-corrected chi connectivity index (χ3v) is 4.37. The number of anilines is 2. The van der Waals surface area contributed by atoms with Gasteiger partial charge in [0, 0.05) is 6.21 Å². The molecule has 11 heteroatoms. The van der Waals surface area contributed by atoms with Crippen LogP contribution in [0.3, 0.4) is 0 Å². The van der Waals surface area contributed by atoms with E-state index in [4.69, 9.17) is 10.5 Å². The van der Waals surface area contributed by atoms with Crippen molar-refractivity contribution in [2.75, 3.05) is 17.8 Å². The van der Waals surface area contributed by atoms with E-state index in [1.54, 1.807) is 6.21 Å². The summed E-state index contributed by atoms with van der Waals surface area (Å²) in [6.45, 7) is 3.85. The lowest BCUT2D eigenvalue weighted by molar-refractivity contribution is -0.0511. The van der Waals surface area contributed by atoms with E-state index in [0.29, 0.717) is 17.1 Å². The molecule has 2 aromatic heterocycles. The highest BCUT2D eigenvalue weighted by atomic mass is 16.6. The maximum absolute atomic E-state index is 10.2. The fourth-order valence-corrected chi connectivity index (χ4v) is 2.86. The minimum absolute atomic E-state index is 0.144. The number of imidazole rings is 1. The molecular formula is C16H25N7O4. The van der Waals surface area contributed by atoms with E-state index in [0.717, 1.165) is 12.8 Å². The van der Waals surface area contributed by atoms with Gasteiger partial charge in [-0.05, 0) is 18.8 Å². The molecule has 0 spiro atoms. The van der Waals surface area contributed by atoms with E-state index in [1.807, 2.05) is 0 Å². The molecule has 0 aliphatic carbocycles. The van der Waals surface area contributed by atoms with Crippen molar-refractivity contribution in [2.45, 2.75) is 51.2 Å². The van der Waals surface area contributed by atoms with Crippen LogP contribution in [-0.2, 0) is 4.74 Å². The first kappa shape index (κ1) is 19.4. The fourth-order valence-electron chi connectivity index (χ4n) is 2.86. The van der Waals surface area contributed by atoms with Crippen LogP contribution in [0.2, 0.25) is 0 Å². The van der Waals surface area contributed by atoms with Crippen LogP contribution >= 0.6 is 0 Å². The van der Waals surface area contributed by atoms with Gasteiger partial charge in [0.05, 0.1) is 12.9 Å². The summed E-state index contributed by atoms with van der Waals surface area (Å²) in [7, 11) is 0. The number of hydrogen-bond donors (Lipinski definition) is 5. The number of hydrazone groups is 1. The Morgan fingerprint density at radius 3 is 2.81 bits per heavy atom. The van der Waals surface area contributed by atoms with Gasteiger partial charge in [0.1, 0.15) is 23.8 Å². The van der Waals surface area contributed by atoms with E-state index in [-0.39, 0.29) is 11.8 Å². The highest BCUT2D eigenvalue weighted by Crippen LogP contribution is 2.32. The second-order valence-electron chi connectivity index (χ2n) is 6.88. The summed E-state index contributed by atoms with van der Waals surface area (Å²) in [6.07, 6.45) is 0.650. The number of nitrogen functional groups attached to an aromatic ring is 1. The van der Waals surface area contributed by atoms with E-state index in [9.17, 15) is 15.3 Å². The highest BCUT2D eigenvalue weighted by Gasteiger charge is 2.44. The zero-order valence-corrected chi connectivity index (χ0v) is 15.2. The van der Waals surface area contributed by atoms with E-state index >= 15 is 0 Å². The van der Waals surface area contributed by atoms with Gasteiger partial charge in [-0.2, -0.15) is 15.1 Å². The largest absolute Gasteiger partial charge is 0.394 e. The molecule has 3 heterocycles. The molecule has 1 saturated heterocycles. The number of fused-ring (bicyclic) bond motifs is 1. The van der Waals surface area contributed by atoms with Crippen molar-refractivity contribution in [3.8, 4) is 0 Å². The van der Waals surface area contributed by atoms with Gasteiger partial charge in [0.2, 0.25) is 5.95 Å². The Kier molecular flexibility index (Phi) is 5.85. The first-order valence-electron chi connectivity index (χ1n) is 8.82. The molecule has 3 rings (SSSR count). The first-order chi connectivity index (χ1) is 12.9. The summed E-state index contributed by atoms with van der Waals surface area (Å²) >= 11 is 0. The van der Waals surface area contributed by atoms with Crippen LogP contribution in [0.15, 0.2) is 11.4 Å². The maximum Gasteiger partial charge on any atom is 0.247 e. The van der Waals surface area contributed by atoms with Gasteiger partial charge >= 0.3 is 0 Å². The molecular weight excluding hydrogens is 354 g/mol. The fraction of sp³-hybridized carbons (Fsp3) is 0.625. The van der Waals surface area contributed by atoms with Crippen molar-refractivity contribution < 1.29 is 20.1 Å². The highest BCUT2D eigenvalue weighted by molar-refractivity contribution is 5.83. The van der Waals surface area contributed by atoms with Crippen molar-refractivity contribution >= 4 is 29.1 Å². The Bertz CT molecular complexity index is 809. The number of hydrogen-bond acceptors (Lipinski definition) is 10. The van der Waals surface area contributed by atoms with Crippen LogP contribution in [0.4, 0.5) is 11.8 Å². The number of nitrogens with two attached hydrogens (primary N) is 1. The predicted molar refractivity (Wildman–Crippen MR) is 98.9 cm³/mol. The number of aliphatic hydroxyl groups excluding tert-OH is 3. The zero-order valence-electron chi connectivity index (χ0n) is 15.2. The molecule has 1 aliphatic heterocycles. The summed E-state index contributed by atoms with van der Waals surface area (Å²) in [4.78, 5) is 12.6. The SMILES string of the molecule is CC(C)CCC=NNc1nc(N)c2ncn([C@@H]3O[C@H](CO)C(O)C3O)c2n1. The normalized spacial score (nSPS) is 25.9. The van der Waals surface area contributed by atoms with Crippen molar-refractivity contribution in [1.29, 1.82) is 0 Å². The second-order valence-corrected chi connectivity index (χ2v) is 6.88. The molecule has 0 saturated carbocycles. The lowest BCUT2D eigenvalue weighted by Crippen LogP contribution is -2.33. The Morgan fingerprint density at radius 2 is 2.15 bits per heavy atom. The monoisotopic (exact) mass is 379 g/mol. The van der Waals surface area contributed by atoms with Gasteiger partial charge in [-0.25, -0.2) is 10.4 Å². The average Bonchev–Trinajstić information content (AvgIpc) is 3.16. The third-order valence-electron chi connectivity index (χ3n) is 4.37. The number of nitrogens with zero attached hydrogens (tertiary/aromatic N) is 5. The van der Waals surface area contributed by atoms with E-state index < -0.39 is 31.1 Å². The molecule has 2 unspecified atom stereocenters. The molecule has 1 aliphatic rings. The second kappa shape index (κ2) is 8.13. The number of ether oxygens (including phenoxy) is 1. The molecule has 0 bridgehead atoms. The summed E-state index contributed by atoms with van der Waals surface area (Å²) in [5, 5.41) is 33.5. The molecule has 27 heavy (non-hydrogen) atoms. The van der Waals surface area contributed by atoms with Gasteiger partial charge in [0.25, 0.3) is 0 Å². The maximum atomic E-state index is 10.2. The Labute approximate surface area is 155 Å². The van der Waals surface area contributed by atoms with E-state index in [2.05, 4.69) is 39.3 Å². The number of aliphatic hydroxyl groups is 3. The molecule has 2 aromatic rings. The topological polar surface area (TPSA) is 164 Å². The Balaban J connectivity index is 1.83. The first-order valence-corrected chi connectivity index (χ1v) is 8.82. The van der Waals surface area contributed by atoms with Crippen LogP contribution in [0.1, 0.15) is 32.9 Å². The van der Waals surface area contributed by atoms with Crippen LogP contribution < -0.4 is 11.2 Å². The third kappa shape index (κ3) is 4.00. The molecule has 11 nitrogen and oxygen atoms in total. The molecule has 1 fully saturated rings. The summed E-state index contributed by atoms with van der Waals surface area (Å²) in [6, 6.07) is 0. The lowest BCUT2D eigenvalue weighted by atomic mass is 10.1. The van der Waals surface area contributed by atoms with Gasteiger partial charge < -0.3 is 25.8 Å². The zero-order chi connectivity index (χ0) is 19.6. The summed E-state index contributed by atoms with van der Waals surface area (Å²) in [5.41, 5.74) is 9.33. The van der Waals surface area contributed by atoms with Gasteiger partial charge in [-0.1, -0.05) is 13.8 Å². The van der Waals surface area contributed by atoms with Crippen LogP contribution in [0.25, 0.3) is 11.2 Å². The van der Waals surface area contributed by atoms with Gasteiger partial charge in [0.15, 0.2) is 17.7 Å². The number of aromatic nitrogens is 4. The van der Waals surface area contributed by atoms with Crippen LogP contribution in [0.5, 0.6) is 0 Å². The van der Waals surface area contributed by atoms with E-state index in [1.165, 1.54) is 10.9 Å². The molecule has 6 N–H and O–H groups in total. The summed E-state index contributed by atoms with van der Waals surface area (Å²) < 4.78 is 6.97.